The zero-order valence-corrected chi connectivity index (χ0v) is 12.7. The van der Waals surface area contributed by atoms with Gasteiger partial charge in [0.05, 0.1) is 11.5 Å². The van der Waals surface area contributed by atoms with Crippen molar-refractivity contribution < 1.29 is 13.2 Å². The average molecular weight is 298 g/mol. The van der Waals surface area contributed by atoms with E-state index in [1.807, 2.05) is 6.07 Å². The molecule has 0 aromatic heterocycles. The van der Waals surface area contributed by atoms with Gasteiger partial charge in [0.25, 0.3) is 0 Å². The van der Waals surface area contributed by atoms with Crippen LogP contribution < -0.4 is 10.0 Å². The van der Waals surface area contributed by atoms with Gasteiger partial charge in [0, 0.05) is 25.2 Å². The third kappa shape index (κ3) is 4.28. The van der Waals surface area contributed by atoms with Gasteiger partial charge in [0.1, 0.15) is 0 Å². The lowest BCUT2D eigenvalue weighted by Crippen LogP contribution is -2.35. The molecule has 0 radical (unpaired) electrons. The number of sulfonamides is 1. The summed E-state index contributed by atoms with van der Waals surface area (Å²) in [4.78, 5) is 0.312. The van der Waals surface area contributed by atoms with Gasteiger partial charge in [0.2, 0.25) is 10.0 Å². The fourth-order valence-corrected chi connectivity index (χ4v) is 3.38. The van der Waals surface area contributed by atoms with E-state index in [1.165, 1.54) is 0 Å². The van der Waals surface area contributed by atoms with E-state index < -0.39 is 10.0 Å². The summed E-state index contributed by atoms with van der Waals surface area (Å²) in [6.07, 6.45) is 0.730. The quantitative estimate of drug-likeness (QED) is 0.829. The van der Waals surface area contributed by atoms with Crippen molar-refractivity contribution in [3.8, 4) is 0 Å². The number of rotatable bonds is 6. The fraction of sp³-hybridized carbons (Fsp3) is 0.571. The summed E-state index contributed by atoms with van der Waals surface area (Å²) in [7, 11) is -3.46. The Bertz CT molecular complexity index is 537. The van der Waals surface area contributed by atoms with Crippen LogP contribution in [0.5, 0.6) is 0 Å². The second kappa shape index (κ2) is 6.67. The Labute approximate surface area is 120 Å². The highest BCUT2D eigenvalue weighted by Gasteiger charge is 2.23. The van der Waals surface area contributed by atoms with Crippen molar-refractivity contribution in [3.63, 3.8) is 0 Å². The van der Waals surface area contributed by atoms with E-state index in [0.717, 1.165) is 12.0 Å². The van der Waals surface area contributed by atoms with E-state index in [4.69, 9.17) is 4.74 Å². The number of hydrogen-bond donors (Lipinski definition) is 2. The van der Waals surface area contributed by atoms with Gasteiger partial charge >= 0.3 is 0 Å². The minimum absolute atomic E-state index is 0.113. The first-order chi connectivity index (χ1) is 9.47. The summed E-state index contributed by atoms with van der Waals surface area (Å²) in [6, 6.07) is 7.29. The molecule has 6 heteroatoms. The predicted octanol–water partition coefficient (Wildman–Crippen LogP) is 1.25. The molecule has 112 valence electrons. The lowest BCUT2D eigenvalue weighted by Gasteiger charge is -2.13. The monoisotopic (exact) mass is 298 g/mol. The van der Waals surface area contributed by atoms with Crippen LogP contribution in [0.25, 0.3) is 0 Å². The van der Waals surface area contributed by atoms with Crippen molar-refractivity contribution in [2.75, 3.05) is 13.2 Å². The Morgan fingerprint density at radius 2 is 2.20 bits per heavy atom. The predicted molar refractivity (Wildman–Crippen MR) is 78.0 cm³/mol. The minimum Gasteiger partial charge on any atom is -0.380 e. The summed E-state index contributed by atoms with van der Waals surface area (Å²) in [5.41, 5.74) is 0.962. The molecular weight excluding hydrogens is 276 g/mol. The molecule has 1 aliphatic rings. The van der Waals surface area contributed by atoms with Crippen molar-refractivity contribution in [3.05, 3.63) is 29.8 Å². The molecule has 0 saturated carbocycles. The molecule has 0 aliphatic carbocycles. The van der Waals surface area contributed by atoms with E-state index in [0.29, 0.717) is 30.7 Å². The highest BCUT2D eigenvalue weighted by Crippen LogP contribution is 2.14. The van der Waals surface area contributed by atoms with Gasteiger partial charge in [-0.2, -0.15) is 0 Å². The normalized spacial score (nSPS) is 19.6. The van der Waals surface area contributed by atoms with Crippen LogP contribution in [0, 0.1) is 0 Å². The van der Waals surface area contributed by atoms with Gasteiger partial charge in [-0.1, -0.05) is 26.0 Å². The van der Waals surface area contributed by atoms with Gasteiger partial charge in [-0.25, -0.2) is 13.1 Å². The first-order valence-corrected chi connectivity index (χ1v) is 8.38. The molecule has 1 aromatic carbocycles. The SMILES string of the molecule is CC(C)NCc1cccc(S(=O)(=O)NC2CCOC2)c1. The molecule has 2 rings (SSSR count). The zero-order valence-electron chi connectivity index (χ0n) is 11.9. The summed E-state index contributed by atoms with van der Waals surface area (Å²) in [5, 5.41) is 3.28. The van der Waals surface area contributed by atoms with E-state index in [2.05, 4.69) is 23.9 Å². The number of hydrogen-bond acceptors (Lipinski definition) is 4. The molecule has 0 spiro atoms. The van der Waals surface area contributed by atoms with Crippen molar-refractivity contribution >= 4 is 10.0 Å². The van der Waals surface area contributed by atoms with Crippen molar-refractivity contribution in [2.45, 2.75) is 43.8 Å². The number of benzene rings is 1. The molecule has 1 aromatic rings. The lowest BCUT2D eigenvalue weighted by molar-refractivity contribution is 0.192. The van der Waals surface area contributed by atoms with Crippen LogP contribution in [-0.2, 0) is 21.3 Å². The molecule has 20 heavy (non-hydrogen) atoms. The van der Waals surface area contributed by atoms with Gasteiger partial charge in [0.15, 0.2) is 0 Å². The van der Waals surface area contributed by atoms with Gasteiger partial charge in [-0.05, 0) is 24.1 Å². The van der Waals surface area contributed by atoms with Crippen LogP contribution in [-0.4, -0.2) is 33.7 Å². The second-order valence-corrected chi connectivity index (χ2v) is 7.08. The highest BCUT2D eigenvalue weighted by molar-refractivity contribution is 7.89. The van der Waals surface area contributed by atoms with E-state index in [-0.39, 0.29) is 6.04 Å². The lowest BCUT2D eigenvalue weighted by atomic mass is 10.2. The van der Waals surface area contributed by atoms with Crippen LogP contribution in [0.4, 0.5) is 0 Å². The Morgan fingerprint density at radius 1 is 1.40 bits per heavy atom. The van der Waals surface area contributed by atoms with E-state index in [1.54, 1.807) is 18.2 Å². The van der Waals surface area contributed by atoms with Gasteiger partial charge in [-0.15, -0.1) is 0 Å². The Morgan fingerprint density at radius 3 is 2.85 bits per heavy atom. The standard InChI is InChI=1S/C14H22N2O3S/c1-11(2)15-9-12-4-3-5-14(8-12)20(17,18)16-13-6-7-19-10-13/h3-5,8,11,13,15-16H,6-7,9-10H2,1-2H3. The molecule has 1 heterocycles. The van der Waals surface area contributed by atoms with Crippen LogP contribution >= 0.6 is 0 Å². The maximum absolute atomic E-state index is 12.3. The summed E-state index contributed by atoms with van der Waals surface area (Å²) in [5.74, 6) is 0. The van der Waals surface area contributed by atoms with Gasteiger partial charge in [-0.3, -0.25) is 0 Å². The van der Waals surface area contributed by atoms with E-state index in [9.17, 15) is 8.42 Å². The third-order valence-electron chi connectivity index (χ3n) is 3.17. The molecule has 2 N–H and O–H groups in total. The molecule has 1 unspecified atom stereocenters. The molecule has 1 aliphatic heterocycles. The highest BCUT2D eigenvalue weighted by atomic mass is 32.2. The summed E-state index contributed by atoms with van der Waals surface area (Å²) >= 11 is 0. The molecule has 1 atom stereocenters. The fourth-order valence-electron chi connectivity index (χ4n) is 2.06. The van der Waals surface area contributed by atoms with Crippen molar-refractivity contribution in [1.82, 2.24) is 10.0 Å². The van der Waals surface area contributed by atoms with Crippen LogP contribution in [0.2, 0.25) is 0 Å². The molecule has 1 fully saturated rings. The zero-order chi connectivity index (χ0) is 14.6. The smallest absolute Gasteiger partial charge is 0.240 e. The molecule has 0 amide bonds. The largest absolute Gasteiger partial charge is 0.380 e. The first kappa shape index (κ1) is 15.4. The summed E-state index contributed by atoms with van der Waals surface area (Å²) < 4.78 is 32.5. The van der Waals surface area contributed by atoms with Crippen molar-refractivity contribution in [1.29, 1.82) is 0 Å². The van der Waals surface area contributed by atoms with E-state index >= 15 is 0 Å². The molecule has 0 bridgehead atoms. The summed E-state index contributed by atoms with van der Waals surface area (Å²) in [6.45, 7) is 5.84. The second-order valence-electron chi connectivity index (χ2n) is 5.36. The third-order valence-corrected chi connectivity index (χ3v) is 4.69. The molecule has 5 nitrogen and oxygen atoms in total. The minimum atomic E-state index is -3.46. The number of nitrogens with one attached hydrogen (secondary N) is 2. The topological polar surface area (TPSA) is 67.4 Å². The van der Waals surface area contributed by atoms with Crippen LogP contribution in [0.1, 0.15) is 25.8 Å². The Hall–Kier alpha value is -0.950. The number of ether oxygens (including phenoxy) is 1. The Balaban J connectivity index is 2.08. The van der Waals surface area contributed by atoms with Crippen LogP contribution in [0.3, 0.4) is 0 Å². The Kier molecular flexibility index (Phi) is 5.15. The average Bonchev–Trinajstić information content (AvgIpc) is 2.89. The molecular formula is C14H22N2O3S. The first-order valence-electron chi connectivity index (χ1n) is 6.90. The molecule has 1 saturated heterocycles. The maximum atomic E-state index is 12.3. The maximum Gasteiger partial charge on any atom is 0.240 e. The van der Waals surface area contributed by atoms with Crippen LogP contribution in [0.15, 0.2) is 29.2 Å². The van der Waals surface area contributed by atoms with Crippen molar-refractivity contribution in [2.24, 2.45) is 0 Å². The van der Waals surface area contributed by atoms with Gasteiger partial charge < -0.3 is 10.1 Å².